The van der Waals surface area contributed by atoms with E-state index in [0.717, 1.165) is 6.42 Å². The van der Waals surface area contributed by atoms with Crippen LogP contribution >= 0.6 is 0 Å². The predicted molar refractivity (Wildman–Crippen MR) is 80.8 cm³/mol. The minimum atomic E-state index is -0.258. The minimum absolute atomic E-state index is 0.224. The summed E-state index contributed by atoms with van der Waals surface area (Å²) in [4.78, 5) is 23.4. The monoisotopic (exact) mass is 292 g/mol. The highest BCUT2D eigenvalue weighted by Gasteiger charge is 2.21. The molecule has 0 spiro atoms. The van der Waals surface area contributed by atoms with Gasteiger partial charge in [-0.15, -0.1) is 0 Å². The molecule has 0 aliphatic carbocycles. The Labute approximate surface area is 126 Å². The molecule has 1 rings (SSSR count). The van der Waals surface area contributed by atoms with Crippen LogP contribution in [0.2, 0.25) is 0 Å². The second-order valence-corrected chi connectivity index (χ2v) is 4.82. The summed E-state index contributed by atoms with van der Waals surface area (Å²) < 4.78 is 10.00. The summed E-state index contributed by atoms with van der Waals surface area (Å²) in [6.45, 7) is 4.29. The van der Waals surface area contributed by atoms with Crippen LogP contribution in [0.4, 0.5) is 0 Å². The van der Waals surface area contributed by atoms with Crippen LogP contribution in [-0.4, -0.2) is 25.2 Å². The lowest BCUT2D eigenvalue weighted by Gasteiger charge is -2.15. The van der Waals surface area contributed by atoms with Gasteiger partial charge in [0.15, 0.2) is 0 Å². The maximum absolute atomic E-state index is 12.0. The van der Waals surface area contributed by atoms with Crippen molar-refractivity contribution in [1.29, 1.82) is 0 Å². The quantitative estimate of drug-likeness (QED) is 0.656. The SMILES string of the molecule is CCOC(=O)CCC(CCc1ccccc1)C(=O)OCC. The average molecular weight is 292 g/mol. The molecule has 0 bridgehead atoms. The molecule has 0 N–H and O–H groups in total. The van der Waals surface area contributed by atoms with Gasteiger partial charge in [0, 0.05) is 6.42 Å². The van der Waals surface area contributed by atoms with E-state index in [0.29, 0.717) is 26.1 Å². The first-order valence-corrected chi connectivity index (χ1v) is 7.53. The maximum atomic E-state index is 12.0. The minimum Gasteiger partial charge on any atom is -0.466 e. The Kier molecular flexibility index (Phi) is 8.17. The zero-order chi connectivity index (χ0) is 15.5. The summed E-state index contributed by atoms with van der Waals surface area (Å²) >= 11 is 0. The Morgan fingerprint density at radius 3 is 2.29 bits per heavy atom. The summed E-state index contributed by atoms with van der Waals surface area (Å²) in [6.07, 6.45) is 2.21. The molecule has 0 saturated heterocycles. The average Bonchev–Trinajstić information content (AvgIpc) is 2.48. The first-order chi connectivity index (χ1) is 10.2. The predicted octanol–water partition coefficient (Wildman–Crippen LogP) is 3.14. The highest BCUT2D eigenvalue weighted by atomic mass is 16.5. The van der Waals surface area contributed by atoms with Crippen molar-refractivity contribution in [2.75, 3.05) is 13.2 Å². The van der Waals surface area contributed by atoms with Gasteiger partial charge in [0.1, 0.15) is 0 Å². The smallest absolute Gasteiger partial charge is 0.308 e. The molecule has 4 heteroatoms. The van der Waals surface area contributed by atoms with Gasteiger partial charge in [-0.2, -0.15) is 0 Å². The summed E-state index contributed by atoms with van der Waals surface area (Å²) in [7, 11) is 0. The van der Waals surface area contributed by atoms with Crippen LogP contribution in [0.1, 0.15) is 38.7 Å². The number of carbonyl (C=O) groups is 2. The number of aryl methyl sites for hydroxylation is 1. The van der Waals surface area contributed by atoms with Crippen LogP contribution in [0.25, 0.3) is 0 Å². The Hall–Kier alpha value is -1.84. The molecule has 0 saturated carbocycles. The molecule has 1 aromatic carbocycles. The summed E-state index contributed by atoms with van der Waals surface area (Å²) in [5.41, 5.74) is 1.18. The molecular weight excluding hydrogens is 268 g/mol. The van der Waals surface area contributed by atoms with Gasteiger partial charge in [-0.3, -0.25) is 9.59 Å². The fourth-order valence-corrected chi connectivity index (χ4v) is 2.15. The van der Waals surface area contributed by atoms with Crippen LogP contribution in [0.5, 0.6) is 0 Å². The van der Waals surface area contributed by atoms with Crippen molar-refractivity contribution in [1.82, 2.24) is 0 Å². The molecule has 1 atom stereocenters. The lowest BCUT2D eigenvalue weighted by atomic mass is 9.95. The fourth-order valence-electron chi connectivity index (χ4n) is 2.15. The van der Waals surface area contributed by atoms with E-state index in [4.69, 9.17) is 9.47 Å². The Morgan fingerprint density at radius 1 is 1.00 bits per heavy atom. The Balaban J connectivity index is 2.51. The number of esters is 2. The Bertz CT molecular complexity index is 428. The number of benzene rings is 1. The van der Waals surface area contributed by atoms with Gasteiger partial charge in [0.25, 0.3) is 0 Å². The zero-order valence-electron chi connectivity index (χ0n) is 12.8. The van der Waals surface area contributed by atoms with E-state index in [1.165, 1.54) is 5.56 Å². The van der Waals surface area contributed by atoms with Crippen LogP contribution in [0.15, 0.2) is 30.3 Å². The van der Waals surface area contributed by atoms with Crippen LogP contribution < -0.4 is 0 Å². The van der Waals surface area contributed by atoms with Gasteiger partial charge in [0.05, 0.1) is 19.1 Å². The molecule has 0 heterocycles. The van der Waals surface area contributed by atoms with E-state index in [9.17, 15) is 9.59 Å². The van der Waals surface area contributed by atoms with Gasteiger partial charge in [-0.25, -0.2) is 0 Å². The van der Waals surface area contributed by atoms with Gasteiger partial charge in [-0.1, -0.05) is 30.3 Å². The van der Waals surface area contributed by atoms with E-state index < -0.39 is 0 Å². The van der Waals surface area contributed by atoms with Crippen LogP contribution in [-0.2, 0) is 25.5 Å². The van der Waals surface area contributed by atoms with E-state index >= 15 is 0 Å². The molecule has 1 aromatic rings. The van der Waals surface area contributed by atoms with Crippen LogP contribution in [0.3, 0.4) is 0 Å². The third-order valence-electron chi connectivity index (χ3n) is 3.25. The van der Waals surface area contributed by atoms with Gasteiger partial charge in [0.2, 0.25) is 0 Å². The van der Waals surface area contributed by atoms with Crippen molar-refractivity contribution in [2.24, 2.45) is 5.92 Å². The lowest BCUT2D eigenvalue weighted by molar-refractivity contribution is -0.149. The molecule has 0 aliphatic heterocycles. The van der Waals surface area contributed by atoms with E-state index in [1.54, 1.807) is 13.8 Å². The standard InChI is InChI=1S/C17H24O4/c1-3-20-16(18)13-12-15(17(19)21-4-2)11-10-14-8-6-5-7-9-14/h5-9,15H,3-4,10-13H2,1-2H3. The number of rotatable bonds is 9. The van der Waals surface area contributed by atoms with Crippen molar-refractivity contribution in [3.63, 3.8) is 0 Å². The highest BCUT2D eigenvalue weighted by molar-refractivity contribution is 5.74. The number of hydrogen-bond acceptors (Lipinski definition) is 4. The second kappa shape index (κ2) is 9.97. The van der Waals surface area contributed by atoms with E-state index in [-0.39, 0.29) is 24.3 Å². The molecule has 0 amide bonds. The molecule has 0 radical (unpaired) electrons. The summed E-state index contributed by atoms with van der Waals surface area (Å²) in [5, 5.41) is 0. The first kappa shape index (κ1) is 17.2. The number of carbonyl (C=O) groups excluding carboxylic acids is 2. The largest absolute Gasteiger partial charge is 0.466 e. The van der Waals surface area contributed by atoms with E-state index in [1.807, 2.05) is 30.3 Å². The fraction of sp³-hybridized carbons (Fsp3) is 0.529. The molecule has 21 heavy (non-hydrogen) atoms. The molecule has 0 aliphatic rings. The molecular formula is C17H24O4. The van der Waals surface area contributed by atoms with Gasteiger partial charge >= 0.3 is 11.9 Å². The summed E-state index contributed by atoms with van der Waals surface area (Å²) in [6, 6.07) is 9.99. The second-order valence-electron chi connectivity index (χ2n) is 4.82. The van der Waals surface area contributed by atoms with Crippen molar-refractivity contribution >= 4 is 11.9 Å². The number of ether oxygens (including phenoxy) is 2. The summed E-state index contributed by atoms with van der Waals surface area (Å²) in [5.74, 6) is -0.737. The van der Waals surface area contributed by atoms with Gasteiger partial charge < -0.3 is 9.47 Å². The molecule has 0 fully saturated rings. The third-order valence-corrected chi connectivity index (χ3v) is 3.25. The maximum Gasteiger partial charge on any atom is 0.308 e. The Morgan fingerprint density at radius 2 is 1.67 bits per heavy atom. The lowest BCUT2D eigenvalue weighted by Crippen LogP contribution is -2.20. The van der Waals surface area contributed by atoms with Crippen molar-refractivity contribution in [3.8, 4) is 0 Å². The molecule has 0 aromatic heterocycles. The third kappa shape index (κ3) is 6.93. The van der Waals surface area contributed by atoms with Crippen molar-refractivity contribution in [2.45, 2.75) is 39.5 Å². The number of hydrogen-bond donors (Lipinski definition) is 0. The van der Waals surface area contributed by atoms with Crippen LogP contribution in [0, 0.1) is 5.92 Å². The normalized spacial score (nSPS) is 11.7. The molecule has 1 unspecified atom stereocenters. The van der Waals surface area contributed by atoms with Gasteiger partial charge in [-0.05, 0) is 38.7 Å². The van der Waals surface area contributed by atoms with Crippen molar-refractivity contribution in [3.05, 3.63) is 35.9 Å². The topological polar surface area (TPSA) is 52.6 Å². The molecule has 116 valence electrons. The first-order valence-electron chi connectivity index (χ1n) is 7.53. The van der Waals surface area contributed by atoms with Crippen molar-refractivity contribution < 1.29 is 19.1 Å². The molecule has 4 nitrogen and oxygen atoms in total. The van der Waals surface area contributed by atoms with E-state index in [2.05, 4.69) is 0 Å². The zero-order valence-corrected chi connectivity index (χ0v) is 12.8. The highest BCUT2D eigenvalue weighted by Crippen LogP contribution is 2.17.